The van der Waals surface area contributed by atoms with Crippen LogP contribution in [0.2, 0.25) is 0 Å². The monoisotopic (exact) mass is 260 g/mol. The van der Waals surface area contributed by atoms with E-state index in [1.54, 1.807) is 13.0 Å². The Kier molecular flexibility index (Phi) is 4.49. The van der Waals surface area contributed by atoms with Crippen molar-refractivity contribution in [3.05, 3.63) is 23.4 Å². The van der Waals surface area contributed by atoms with E-state index >= 15 is 0 Å². The molecule has 0 bridgehead atoms. The van der Waals surface area contributed by atoms with E-state index in [1.165, 1.54) is 0 Å². The Morgan fingerprint density at radius 2 is 2.05 bits per heavy atom. The second-order valence-corrected chi connectivity index (χ2v) is 5.58. The molecular weight excluding hydrogens is 240 g/mol. The van der Waals surface area contributed by atoms with Gasteiger partial charge in [0, 0.05) is 5.54 Å². The Morgan fingerprint density at radius 3 is 2.58 bits per heavy atom. The highest BCUT2D eigenvalue weighted by atomic mass is 16.2. The first-order valence-corrected chi connectivity index (χ1v) is 6.19. The van der Waals surface area contributed by atoms with E-state index in [1.807, 2.05) is 39.8 Å². The molecule has 0 aromatic carbocycles. The molecule has 1 atom stereocenters. The molecule has 5 heteroatoms. The fraction of sp³-hybridized carbons (Fsp3) is 0.500. The summed E-state index contributed by atoms with van der Waals surface area (Å²) in [6, 6.07) is 5.18. The smallest absolute Gasteiger partial charge is 0.242 e. The van der Waals surface area contributed by atoms with Crippen molar-refractivity contribution in [3.8, 4) is 6.07 Å². The van der Waals surface area contributed by atoms with E-state index in [-0.39, 0.29) is 11.4 Å². The lowest BCUT2D eigenvalue weighted by atomic mass is 10.1. The summed E-state index contributed by atoms with van der Waals surface area (Å²) in [5.41, 5.74) is 0.916. The molecule has 5 nitrogen and oxygen atoms in total. The number of nitrogens with one attached hydrogen (secondary N) is 2. The summed E-state index contributed by atoms with van der Waals surface area (Å²) in [5, 5.41) is 14.8. The van der Waals surface area contributed by atoms with E-state index in [4.69, 9.17) is 5.26 Å². The molecule has 2 N–H and O–H groups in total. The third kappa shape index (κ3) is 4.59. The van der Waals surface area contributed by atoms with Crippen LogP contribution in [0.5, 0.6) is 0 Å². The number of aryl methyl sites for hydroxylation is 1. The Bertz CT molecular complexity index is 511. The van der Waals surface area contributed by atoms with Crippen LogP contribution in [0.3, 0.4) is 0 Å². The van der Waals surface area contributed by atoms with E-state index in [9.17, 15) is 4.79 Å². The lowest BCUT2D eigenvalue weighted by molar-refractivity contribution is -0.122. The van der Waals surface area contributed by atoms with Crippen LogP contribution in [0.1, 0.15) is 39.0 Å². The summed E-state index contributed by atoms with van der Waals surface area (Å²) in [7, 11) is 0. The third-order valence-electron chi connectivity index (χ3n) is 2.46. The van der Waals surface area contributed by atoms with Gasteiger partial charge < -0.3 is 10.6 Å². The maximum absolute atomic E-state index is 11.9. The maximum atomic E-state index is 11.9. The number of pyridine rings is 1. The Morgan fingerprint density at radius 1 is 1.42 bits per heavy atom. The minimum Gasteiger partial charge on any atom is -0.359 e. The first-order valence-electron chi connectivity index (χ1n) is 6.19. The van der Waals surface area contributed by atoms with Gasteiger partial charge in [-0.3, -0.25) is 4.79 Å². The van der Waals surface area contributed by atoms with Gasteiger partial charge in [0.1, 0.15) is 23.6 Å². The fourth-order valence-corrected chi connectivity index (χ4v) is 1.49. The Hall–Kier alpha value is -2.09. The predicted octanol–water partition coefficient (Wildman–Crippen LogP) is 1.98. The van der Waals surface area contributed by atoms with Gasteiger partial charge in [0.15, 0.2) is 0 Å². The van der Waals surface area contributed by atoms with E-state index in [0.717, 1.165) is 5.56 Å². The normalized spacial score (nSPS) is 12.4. The SMILES string of the molecule is Cc1ccc(NC(C)C(=O)NC(C)(C)C)nc1C#N. The summed E-state index contributed by atoms with van der Waals surface area (Å²) in [4.78, 5) is 16.1. The van der Waals surface area contributed by atoms with Gasteiger partial charge >= 0.3 is 0 Å². The molecule has 0 spiro atoms. The van der Waals surface area contributed by atoms with Crippen LogP contribution < -0.4 is 10.6 Å². The van der Waals surface area contributed by atoms with Crippen LogP contribution in [0, 0.1) is 18.3 Å². The topological polar surface area (TPSA) is 77.8 Å². The number of hydrogen-bond donors (Lipinski definition) is 2. The molecule has 1 aromatic heterocycles. The molecule has 1 heterocycles. The number of carbonyl (C=O) groups excluding carboxylic acids is 1. The van der Waals surface area contributed by atoms with Crippen LogP contribution in [0.15, 0.2) is 12.1 Å². The van der Waals surface area contributed by atoms with Crippen LogP contribution in [0.4, 0.5) is 5.82 Å². The average molecular weight is 260 g/mol. The van der Waals surface area contributed by atoms with Crippen LogP contribution in [0.25, 0.3) is 0 Å². The molecule has 0 aliphatic rings. The second kappa shape index (κ2) is 5.70. The zero-order valence-electron chi connectivity index (χ0n) is 12.0. The lowest BCUT2D eigenvalue weighted by Crippen LogP contribution is -2.47. The quantitative estimate of drug-likeness (QED) is 0.871. The Labute approximate surface area is 114 Å². The van der Waals surface area contributed by atoms with Gasteiger partial charge in [-0.1, -0.05) is 6.07 Å². The van der Waals surface area contributed by atoms with Crippen molar-refractivity contribution in [1.29, 1.82) is 5.26 Å². The second-order valence-electron chi connectivity index (χ2n) is 5.58. The minimum absolute atomic E-state index is 0.103. The standard InChI is InChI=1S/C14H20N4O/c1-9-6-7-12(17-11(9)8-15)16-10(2)13(19)18-14(3,4)5/h6-7,10H,1-5H3,(H,16,17)(H,18,19). The molecule has 0 aliphatic heterocycles. The first kappa shape index (κ1) is 15.0. The van der Waals surface area contributed by atoms with E-state index < -0.39 is 6.04 Å². The third-order valence-corrected chi connectivity index (χ3v) is 2.46. The minimum atomic E-state index is -0.416. The van der Waals surface area contributed by atoms with E-state index in [2.05, 4.69) is 15.6 Å². The molecule has 102 valence electrons. The van der Waals surface area contributed by atoms with Crippen LogP contribution >= 0.6 is 0 Å². The highest BCUT2D eigenvalue weighted by Crippen LogP contribution is 2.11. The number of nitriles is 1. The average Bonchev–Trinajstić information content (AvgIpc) is 2.29. The molecule has 1 unspecified atom stereocenters. The zero-order chi connectivity index (χ0) is 14.6. The van der Waals surface area contributed by atoms with Gasteiger partial charge in [-0.25, -0.2) is 4.98 Å². The molecule has 0 saturated heterocycles. The van der Waals surface area contributed by atoms with Crippen molar-refractivity contribution in [2.75, 3.05) is 5.32 Å². The fourth-order valence-electron chi connectivity index (χ4n) is 1.49. The molecule has 1 rings (SSSR count). The lowest BCUT2D eigenvalue weighted by Gasteiger charge is -2.24. The Balaban J connectivity index is 2.75. The maximum Gasteiger partial charge on any atom is 0.242 e. The molecule has 0 fully saturated rings. The number of anilines is 1. The van der Waals surface area contributed by atoms with Gasteiger partial charge in [0.25, 0.3) is 0 Å². The number of aromatic nitrogens is 1. The highest BCUT2D eigenvalue weighted by Gasteiger charge is 2.19. The number of amides is 1. The van der Waals surface area contributed by atoms with Crippen LogP contribution in [-0.2, 0) is 4.79 Å². The molecule has 0 radical (unpaired) electrons. The zero-order valence-corrected chi connectivity index (χ0v) is 12.0. The summed E-state index contributed by atoms with van der Waals surface area (Å²) < 4.78 is 0. The molecule has 19 heavy (non-hydrogen) atoms. The summed E-state index contributed by atoms with van der Waals surface area (Å²) >= 11 is 0. The van der Waals surface area contributed by atoms with Crippen molar-refractivity contribution < 1.29 is 4.79 Å². The van der Waals surface area contributed by atoms with Crippen molar-refractivity contribution in [2.24, 2.45) is 0 Å². The molecule has 1 amide bonds. The van der Waals surface area contributed by atoms with Gasteiger partial charge in [0.2, 0.25) is 5.91 Å². The van der Waals surface area contributed by atoms with Crippen molar-refractivity contribution in [2.45, 2.75) is 46.2 Å². The van der Waals surface area contributed by atoms with Crippen molar-refractivity contribution >= 4 is 11.7 Å². The van der Waals surface area contributed by atoms with Crippen molar-refractivity contribution in [3.63, 3.8) is 0 Å². The van der Waals surface area contributed by atoms with Gasteiger partial charge in [0.05, 0.1) is 0 Å². The van der Waals surface area contributed by atoms with Gasteiger partial charge in [-0.15, -0.1) is 0 Å². The van der Waals surface area contributed by atoms with Gasteiger partial charge in [-0.2, -0.15) is 5.26 Å². The molecular formula is C14H20N4O. The summed E-state index contributed by atoms with van der Waals surface area (Å²) in [6.07, 6.45) is 0. The van der Waals surface area contributed by atoms with Crippen molar-refractivity contribution in [1.82, 2.24) is 10.3 Å². The molecule has 0 saturated carbocycles. The van der Waals surface area contributed by atoms with E-state index in [0.29, 0.717) is 11.5 Å². The van der Waals surface area contributed by atoms with Gasteiger partial charge in [-0.05, 0) is 46.2 Å². The number of nitrogens with zero attached hydrogens (tertiary/aromatic N) is 2. The molecule has 1 aromatic rings. The first-order chi connectivity index (χ1) is 8.73. The highest BCUT2D eigenvalue weighted by molar-refractivity contribution is 5.84. The summed E-state index contributed by atoms with van der Waals surface area (Å²) in [5.74, 6) is 0.423. The predicted molar refractivity (Wildman–Crippen MR) is 74.7 cm³/mol. The number of rotatable bonds is 3. The number of carbonyl (C=O) groups is 1. The summed E-state index contributed by atoms with van der Waals surface area (Å²) in [6.45, 7) is 9.36. The van der Waals surface area contributed by atoms with Crippen LogP contribution in [-0.4, -0.2) is 22.5 Å². The largest absolute Gasteiger partial charge is 0.359 e. The number of hydrogen-bond acceptors (Lipinski definition) is 4. The molecule has 0 aliphatic carbocycles.